The molecule has 1 aromatic carbocycles. The van der Waals surface area contributed by atoms with Gasteiger partial charge in [-0.1, -0.05) is 30.3 Å². The van der Waals surface area contributed by atoms with Gasteiger partial charge < -0.3 is 20.8 Å². The van der Waals surface area contributed by atoms with Gasteiger partial charge in [0.25, 0.3) is 0 Å². The molecule has 0 radical (unpaired) electrons. The summed E-state index contributed by atoms with van der Waals surface area (Å²) in [5, 5.41) is 22.5. The van der Waals surface area contributed by atoms with Crippen LogP contribution in [0.1, 0.15) is 25.3 Å². The summed E-state index contributed by atoms with van der Waals surface area (Å²) in [4.78, 5) is 22.5. The third-order valence-corrected chi connectivity index (χ3v) is 3.57. The lowest BCUT2D eigenvalue weighted by Gasteiger charge is -2.27. The van der Waals surface area contributed by atoms with Crippen molar-refractivity contribution in [2.45, 2.75) is 44.0 Å². The maximum absolute atomic E-state index is 12.6. The molecule has 2 atom stereocenters. The molecule has 1 aromatic rings. The molecule has 0 spiro atoms. The normalized spacial score (nSPS) is 15.1. The number of rotatable bonds is 8. The number of nitrogens with one attached hydrogen (secondary N) is 2. The van der Waals surface area contributed by atoms with E-state index in [2.05, 4.69) is 5.32 Å². The first-order valence-electron chi connectivity index (χ1n) is 7.60. The predicted octanol–water partition coefficient (Wildman–Crippen LogP) is 2.08. The Labute approximate surface area is 143 Å². The lowest BCUT2D eigenvalue weighted by molar-refractivity contribution is -0.249. The van der Waals surface area contributed by atoms with Crippen molar-refractivity contribution < 1.29 is 33.0 Å². The Hall–Kier alpha value is -2.29. The number of hydrogen-bond donors (Lipinski definition) is 4. The second kappa shape index (κ2) is 8.70. The number of urea groups is 1. The molecule has 1 rings (SSSR count). The topological polar surface area (TPSA) is 98.7 Å². The van der Waals surface area contributed by atoms with Crippen LogP contribution >= 0.6 is 0 Å². The maximum atomic E-state index is 12.6. The molecule has 0 fully saturated rings. The van der Waals surface area contributed by atoms with E-state index < -0.39 is 36.4 Å². The number of hydrogen-bond acceptors (Lipinski definition) is 3. The van der Waals surface area contributed by atoms with Crippen LogP contribution in [0.3, 0.4) is 0 Å². The van der Waals surface area contributed by atoms with Crippen molar-refractivity contribution in [1.82, 2.24) is 10.6 Å². The smallest absolute Gasteiger partial charge is 0.418 e. The first-order chi connectivity index (χ1) is 11.5. The van der Waals surface area contributed by atoms with E-state index in [1.54, 1.807) is 30.3 Å². The number of benzene rings is 1. The number of carboxylic acid groups (broad SMARTS) is 1. The third-order valence-electron chi connectivity index (χ3n) is 3.57. The van der Waals surface area contributed by atoms with Gasteiger partial charge in [0.05, 0.1) is 6.54 Å². The van der Waals surface area contributed by atoms with Gasteiger partial charge in [-0.3, -0.25) is 4.79 Å². The van der Waals surface area contributed by atoms with Crippen LogP contribution in [0.5, 0.6) is 0 Å². The van der Waals surface area contributed by atoms with Gasteiger partial charge in [-0.25, -0.2) is 4.79 Å². The first kappa shape index (κ1) is 20.8. The van der Waals surface area contributed by atoms with Crippen LogP contribution in [-0.4, -0.2) is 46.6 Å². The second-order valence-electron chi connectivity index (χ2n) is 5.92. The summed E-state index contributed by atoms with van der Waals surface area (Å²) in [5.41, 5.74) is -2.21. The quantitative estimate of drug-likeness (QED) is 0.569. The average molecular weight is 362 g/mol. The summed E-state index contributed by atoms with van der Waals surface area (Å²) in [6.07, 6.45) is -4.63. The van der Waals surface area contributed by atoms with Gasteiger partial charge in [0, 0.05) is 12.5 Å². The molecule has 6 nitrogen and oxygen atoms in total. The lowest BCUT2D eigenvalue weighted by atomic mass is 10.0. The fraction of sp³-hybridized carbons (Fsp3) is 0.500. The molecule has 140 valence electrons. The summed E-state index contributed by atoms with van der Waals surface area (Å²) < 4.78 is 37.7. The zero-order chi connectivity index (χ0) is 19.1. The number of carboxylic acids is 1. The van der Waals surface area contributed by atoms with Gasteiger partial charge >= 0.3 is 18.2 Å². The summed E-state index contributed by atoms with van der Waals surface area (Å²) in [5.74, 6) is -1.04. The molecule has 25 heavy (non-hydrogen) atoms. The Morgan fingerprint density at radius 3 is 2.32 bits per heavy atom. The van der Waals surface area contributed by atoms with E-state index in [-0.39, 0.29) is 12.8 Å². The SMILES string of the molecule is CC(O)(CNC(=O)NC(CCC(=O)O)Cc1ccccc1)C(F)(F)F. The second-order valence-corrected chi connectivity index (χ2v) is 5.92. The van der Waals surface area contributed by atoms with Gasteiger partial charge in [0.1, 0.15) is 0 Å². The standard InChI is InChI=1S/C16H21F3N2O4/c1-15(25,16(17,18)19)10-20-14(24)21-12(7-8-13(22)23)9-11-5-3-2-4-6-11/h2-6,12,25H,7-10H2,1H3,(H,22,23)(H2,20,21,24). The lowest BCUT2D eigenvalue weighted by Crippen LogP contribution is -2.54. The van der Waals surface area contributed by atoms with Gasteiger partial charge in [-0.05, 0) is 25.3 Å². The molecule has 2 unspecified atom stereocenters. The van der Waals surface area contributed by atoms with Crippen molar-refractivity contribution in [3.63, 3.8) is 0 Å². The Morgan fingerprint density at radius 1 is 1.20 bits per heavy atom. The summed E-state index contributed by atoms with van der Waals surface area (Å²) in [6, 6.07) is 7.47. The van der Waals surface area contributed by atoms with E-state index in [0.29, 0.717) is 13.3 Å². The number of halogens is 3. The van der Waals surface area contributed by atoms with E-state index >= 15 is 0 Å². The monoisotopic (exact) mass is 362 g/mol. The van der Waals surface area contributed by atoms with Crippen molar-refractivity contribution in [3.05, 3.63) is 35.9 Å². The average Bonchev–Trinajstić information content (AvgIpc) is 2.50. The van der Waals surface area contributed by atoms with E-state index in [1.165, 1.54) is 0 Å². The molecule has 0 aliphatic carbocycles. The molecule has 9 heteroatoms. The highest BCUT2D eigenvalue weighted by atomic mass is 19.4. The number of amides is 2. The first-order valence-corrected chi connectivity index (χ1v) is 7.60. The fourth-order valence-corrected chi connectivity index (χ4v) is 2.01. The molecule has 2 amide bonds. The molecule has 4 N–H and O–H groups in total. The summed E-state index contributed by atoms with van der Waals surface area (Å²) in [6.45, 7) is -0.460. The minimum atomic E-state index is -4.88. The highest BCUT2D eigenvalue weighted by Crippen LogP contribution is 2.29. The highest BCUT2D eigenvalue weighted by Gasteiger charge is 2.49. The van der Waals surface area contributed by atoms with Gasteiger partial charge in [0.2, 0.25) is 0 Å². The van der Waals surface area contributed by atoms with Crippen LogP contribution in [0, 0.1) is 0 Å². The number of aliphatic carboxylic acids is 1. The predicted molar refractivity (Wildman–Crippen MR) is 84.0 cm³/mol. The van der Waals surface area contributed by atoms with Crippen molar-refractivity contribution in [2.75, 3.05) is 6.54 Å². The largest absolute Gasteiger partial charge is 0.481 e. The molecule has 0 aliphatic rings. The molecule has 0 bridgehead atoms. The molecular formula is C16H21F3N2O4. The van der Waals surface area contributed by atoms with E-state index in [9.17, 15) is 27.9 Å². The zero-order valence-corrected chi connectivity index (χ0v) is 13.6. The molecule has 0 heterocycles. The van der Waals surface area contributed by atoms with Crippen LogP contribution in [0.2, 0.25) is 0 Å². The van der Waals surface area contributed by atoms with Gasteiger partial charge in [-0.15, -0.1) is 0 Å². The number of carbonyl (C=O) groups is 2. The number of alkyl halides is 3. The Morgan fingerprint density at radius 2 is 1.80 bits per heavy atom. The molecule has 0 saturated carbocycles. The van der Waals surface area contributed by atoms with Crippen LogP contribution in [0.25, 0.3) is 0 Å². The number of aliphatic hydroxyl groups is 1. The minimum Gasteiger partial charge on any atom is -0.481 e. The van der Waals surface area contributed by atoms with Crippen LogP contribution in [0.4, 0.5) is 18.0 Å². The van der Waals surface area contributed by atoms with Crippen LogP contribution in [-0.2, 0) is 11.2 Å². The third kappa shape index (κ3) is 7.42. The highest BCUT2D eigenvalue weighted by molar-refractivity contribution is 5.74. The molecule has 0 aliphatic heterocycles. The minimum absolute atomic E-state index is 0.118. The molecule has 0 saturated heterocycles. The number of carbonyl (C=O) groups excluding carboxylic acids is 1. The fourth-order valence-electron chi connectivity index (χ4n) is 2.01. The Bertz CT molecular complexity index is 576. The van der Waals surface area contributed by atoms with Crippen molar-refractivity contribution in [2.24, 2.45) is 0 Å². The van der Waals surface area contributed by atoms with Crippen molar-refractivity contribution in [1.29, 1.82) is 0 Å². The van der Waals surface area contributed by atoms with Crippen LogP contribution < -0.4 is 10.6 Å². The van der Waals surface area contributed by atoms with Crippen LogP contribution in [0.15, 0.2) is 30.3 Å². The van der Waals surface area contributed by atoms with Gasteiger partial charge in [0.15, 0.2) is 5.60 Å². The molecular weight excluding hydrogens is 341 g/mol. The Kier molecular flexibility index (Phi) is 7.22. The van der Waals surface area contributed by atoms with E-state index in [1.807, 2.05) is 5.32 Å². The van der Waals surface area contributed by atoms with Crippen molar-refractivity contribution >= 4 is 12.0 Å². The van der Waals surface area contributed by atoms with Crippen molar-refractivity contribution in [3.8, 4) is 0 Å². The molecule has 0 aromatic heterocycles. The van der Waals surface area contributed by atoms with E-state index in [4.69, 9.17) is 5.11 Å². The Balaban J connectivity index is 2.63. The van der Waals surface area contributed by atoms with Gasteiger partial charge in [-0.2, -0.15) is 13.2 Å². The maximum Gasteiger partial charge on any atom is 0.418 e. The summed E-state index contributed by atoms with van der Waals surface area (Å²) in [7, 11) is 0. The summed E-state index contributed by atoms with van der Waals surface area (Å²) >= 11 is 0. The van der Waals surface area contributed by atoms with E-state index in [0.717, 1.165) is 5.56 Å². The zero-order valence-electron chi connectivity index (χ0n) is 13.6.